The van der Waals surface area contributed by atoms with Crippen LogP contribution in [0.4, 0.5) is 5.82 Å². The molecule has 2 heterocycles. The Morgan fingerprint density at radius 2 is 1.85 bits per heavy atom. The monoisotopic (exact) mass is 403 g/mol. The van der Waals surface area contributed by atoms with Crippen LogP contribution in [0.25, 0.3) is 11.1 Å². The second-order valence-electron chi connectivity index (χ2n) is 6.16. The maximum absolute atomic E-state index is 9.12. The molecule has 1 aromatic carbocycles. The van der Waals surface area contributed by atoms with Crippen LogP contribution >= 0.6 is 23.2 Å². The normalized spacial score (nSPS) is 12.0. The molecule has 1 atom stereocenters. The number of ether oxygens (including phenoxy) is 1. The summed E-state index contributed by atoms with van der Waals surface area (Å²) < 4.78 is 6.04. The zero-order valence-electron chi connectivity index (χ0n) is 14.9. The van der Waals surface area contributed by atoms with Crippen molar-refractivity contribution in [1.29, 1.82) is 0 Å². The Morgan fingerprint density at radius 3 is 2.52 bits per heavy atom. The average molecular weight is 404 g/mol. The van der Waals surface area contributed by atoms with Crippen molar-refractivity contribution in [2.75, 3.05) is 5.73 Å². The maximum Gasteiger partial charge on any atom is 0.166 e. The van der Waals surface area contributed by atoms with E-state index in [1.165, 1.54) is 0 Å². The minimum Gasteiger partial charge on any atom is -0.482 e. The van der Waals surface area contributed by atoms with Gasteiger partial charge in [-0.25, -0.2) is 4.98 Å². The van der Waals surface area contributed by atoms with Gasteiger partial charge in [0.1, 0.15) is 6.10 Å². The molecule has 27 heavy (non-hydrogen) atoms. The first-order valence-corrected chi connectivity index (χ1v) is 9.09. The van der Waals surface area contributed by atoms with Crippen molar-refractivity contribution in [2.24, 2.45) is 0 Å². The Bertz CT molecular complexity index is 962. The lowest BCUT2D eigenvalue weighted by Crippen LogP contribution is -2.08. The quantitative estimate of drug-likeness (QED) is 0.627. The van der Waals surface area contributed by atoms with Crippen molar-refractivity contribution in [1.82, 2.24) is 9.97 Å². The number of nitrogens with two attached hydrogens (primary N) is 1. The van der Waals surface area contributed by atoms with Gasteiger partial charge < -0.3 is 15.6 Å². The Morgan fingerprint density at radius 1 is 1.11 bits per heavy atom. The number of benzene rings is 1. The fraction of sp³-hybridized carbons (Fsp3) is 0.200. The van der Waals surface area contributed by atoms with Gasteiger partial charge in [0.25, 0.3) is 0 Å². The van der Waals surface area contributed by atoms with E-state index in [0.717, 1.165) is 16.7 Å². The number of nitrogen functional groups attached to an aromatic ring is 1. The summed E-state index contributed by atoms with van der Waals surface area (Å²) >= 11 is 12.7. The van der Waals surface area contributed by atoms with E-state index in [2.05, 4.69) is 9.97 Å². The summed E-state index contributed by atoms with van der Waals surface area (Å²) in [6.07, 6.45) is 2.90. The summed E-state index contributed by atoms with van der Waals surface area (Å²) in [5.41, 5.74) is 9.84. The molecule has 0 aliphatic rings. The highest BCUT2D eigenvalue weighted by molar-refractivity contribution is 6.36. The highest BCUT2D eigenvalue weighted by atomic mass is 35.5. The summed E-state index contributed by atoms with van der Waals surface area (Å²) in [6, 6.07) is 9.06. The lowest BCUT2D eigenvalue weighted by molar-refractivity contribution is 0.228. The molecule has 0 aliphatic carbocycles. The molecule has 5 nitrogen and oxygen atoms in total. The zero-order valence-corrected chi connectivity index (χ0v) is 16.4. The van der Waals surface area contributed by atoms with Crippen molar-refractivity contribution in [3.8, 4) is 16.9 Å². The third kappa shape index (κ3) is 4.16. The van der Waals surface area contributed by atoms with Crippen LogP contribution in [0.15, 0.2) is 42.7 Å². The Labute approximate surface area is 167 Å². The standard InChI is InChI=1S/C20H19Cl2N3O2/c1-11-3-6-16(21)18(19(11)22)12(2)27-17-7-14(9-25-20(17)23)13-4-5-15(10-26)24-8-13/h3-9,12,26H,10H2,1-2H3,(H2,23,25). The first kappa shape index (κ1) is 19.4. The molecule has 0 radical (unpaired) electrons. The number of anilines is 1. The third-order valence-electron chi connectivity index (χ3n) is 4.23. The van der Waals surface area contributed by atoms with Crippen LogP contribution in [0.5, 0.6) is 5.75 Å². The van der Waals surface area contributed by atoms with Gasteiger partial charge in [0.2, 0.25) is 0 Å². The van der Waals surface area contributed by atoms with Gasteiger partial charge in [-0.1, -0.05) is 35.3 Å². The van der Waals surface area contributed by atoms with Gasteiger partial charge >= 0.3 is 0 Å². The molecule has 0 aliphatic heterocycles. The van der Waals surface area contributed by atoms with Crippen LogP contribution in [-0.2, 0) is 6.61 Å². The fourth-order valence-electron chi connectivity index (χ4n) is 2.70. The smallest absolute Gasteiger partial charge is 0.166 e. The Kier molecular flexibility index (Phi) is 5.85. The number of hydrogen-bond acceptors (Lipinski definition) is 5. The van der Waals surface area contributed by atoms with Crippen LogP contribution in [0.2, 0.25) is 10.0 Å². The topological polar surface area (TPSA) is 81.3 Å². The van der Waals surface area contributed by atoms with Crippen LogP contribution in [0.1, 0.15) is 29.8 Å². The molecule has 0 spiro atoms. The summed E-state index contributed by atoms with van der Waals surface area (Å²) in [5, 5.41) is 10.2. The average Bonchev–Trinajstić information content (AvgIpc) is 2.67. The number of pyridine rings is 2. The molecule has 1 unspecified atom stereocenters. The minimum atomic E-state index is -0.417. The molecule has 0 amide bonds. The number of aryl methyl sites for hydroxylation is 1. The summed E-state index contributed by atoms with van der Waals surface area (Å²) in [7, 11) is 0. The molecule has 2 aromatic heterocycles. The molecule has 3 aromatic rings. The molecule has 3 N–H and O–H groups in total. The van der Waals surface area contributed by atoms with Crippen LogP contribution in [0.3, 0.4) is 0 Å². The third-order valence-corrected chi connectivity index (χ3v) is 5.06. The number of aliphatic hydroxyl groups excluding tert-OH is 1. The zero-order chi connectivity index (χ0) is 19.6. The van der Waals surface area contributed by atoms with Crippen molar-refractivity contribution in [3.63, 3.8) is 0 Å². The van der Waals surface area contributed by atoms with Crippen LogP contribution < -0.4 is 10.5 Å². The summed E-state index contributed by atoms with van der Waals surface area (Å²) in [5.74, 6) is 0.699. The predicted molar refractivity (Wildman–Crippen MR) is 108 cm³/mol. The van der Waals surface area contributed by atoms with Gasteiger partial charge in [0.05, 0.1) is 17.3 Å². The second kappa shape index (κ2) is 8.13. The highest BCUT2D eigenvalue weighted by Gasteiger charge is 2.19. The molecular weight excluding hydrogens is 385 g/mol. The molecular formula is C20H19Cl2N3O2. The van der Waals surface area contributed by atoms with Crippen LogP contribution in [-0.4, -0.2) is 15.1 Å². The molecule has 0 bridgehead atoms. The summed E-state index contributed by atoms with van der Waals surface area (Å²) in [6.45, 7) is 3.66. The number of aliphatic hydroxyl groups is 1. The first-order valence-electron chi connectivity index (χ1n) is 8.33. The molecule has 140 valence electrons. The van der Waals surface area contributed by atoms with Gasteiger partial charge in [0.15, 0.2) is 11.6 Å². The fourth-order valence-corrected chi connectivity index (χ4v) is 3.37. The predicted octanol–water partition coefficient (Wildman–Crippen LogP) is 4.97. The van der Waals surface area contributed by atoms with Gasteiger partial charge in [-0.05, 0) is 37.6 Å². The largest absolute Gasteiger partial charge is 0.482 e. The van der Waals surface area contributed by atoms with Crippen LogP contribution in [0, 0.1) is 6.92 Å². The molecule has 3 rings (SSSR count). The van der Waals surface area contributed by atoms with E-state index in [4.69, 9.17) is 38.8 Å². The number of halogens is 2. The number of rotatable bonds is 5. The van der Waals surface area contributed by atoms with E-state index in [1.807, 2.05) is 26.0 Å². The maximum atomic E-state index is 9.12. The molecule has 0 saturated carbocycles. The Balaban J connectivity index is 1.92. The number of aromatic nitrogens is 2. The van der Waals surface area contributed by atoms with Gasteiger partial charge in [-0.15, -0.1) is 0 Å². The van der Waals surface area contributed by atoms with Gasteiger partial charge in [-0.3, -0.25) is 4.98 Å². The minimum absolute atomic E-state index is 0.107. The van der Waals surface area contributed by atoms with Gasteiger partial charge in [-0.2, -0.15) is 0 Å². The number of hydrogen-bond donors (Lipinski definition) is 2. The van der Waals surface area contributed by atoms with Crippen molar-refractivity contribution in [3.05, 3.63) is 69.6 Å². The molecule has 0 fully saturated rings. The summed E-state index contributed by atoms with van der Waals surface area (Å²) in [4.78, 5) is 8.40. The van der Waals surface area contributed by atoms with E-state index < -0.39 is 6.10 Å². The van der Waals surface area contributed by atoms with E-state index in [0.29, 0.717) is 27.1 Å². The van der Waals surface area contributed by atoms with Crippen molar-refractivity contribution in [2.45, 2.75) is 26.6 Å². The van der Waals surface area contributed by atoms with Gasteiger partial charge in [0, 0.05) is 34.1 Å². The molecule has 0 saturated heterocycles. The van der Waals surface area contributed by atoms with Crippen molar-refractivity contribution < 1.29 is 9.84 Å². The first-order chi connectivity index (χ1) is 12.9. The SMILES string of the molecule is Cc1ccc(Cl)c(C(C)Oc2cc(-c3ccc(CO)nc3)cnc2N)c1Cl. The van der Waals surface area contributed by atoms with E-state index >= 15 is 0 Å². The second-order valence-corrected chi connectivity index (χ2v) is 6.94. The van der Waals surface area contributed by atoms with E-state index in [1.54, 1.807) is 30.6 Å². The number of nitrogens with zero attached hydrogens (tertiary/aromatic N) is 2. The van der Waals surface area contributed by atoms with E-state index in [-0.39, 0.29) is 12.4 Å². The lowest BCUT2D eigenvalue weighted by Gasteiger charge is -2.20. The lowest BCUT2D eigenvalue weighted by atomic mass is 10.1. The van der Waals surface area contributed by atoms with E-state index in [9.17, 15) is 0 Å². The highest BCUT2D eigenvalue weighted by Crippen LogP contribution is 2.37. The Hall–Kier alpha value is -2.34. The molecule has 7 heteroatoms. The van der Waals surface area contributed by atoms with Crippen molar-refractivity contribution >= 4 is 29.0 Å².